The first kappa shape index (κ1) is 16.9. The van der Waals surface area contributed by atoms with Crippen LogP contribution in [-0.4, -0.2) is 50.1 Å². The minimum Gasteiger partial charge on any atom is -0.369 e. The molecule has 3 heterocycles. The number of likely N-dealkylation sites (N-methyl/N-ethyl adjacent to an activating group) is 1. The summed E-state index contributed by atoms with van der Waals surface area (Å²) in [5.74, 6) is 5.20. The second-order valence-corrected chi connectivity index (χ2v) is 6.46. The number of fused-ring (bicyclic) bond motifs is 1. The molecule has 1 unspecified atom stereocenters. The lowest BCUT2D eigenvalue weighted by Crippen LogP contribution is -2.37. The van der Waals surface area contributed by atoms with Gasteiger partial charge in [-0.3, -0.25) is 9.59 Å². The fourth-order valence-electron chi connectivity index (χ4n) is 3.01. The number of nitrogens with zero attached hydrogens (tertiary/aromatic N) is 3. The number of H-pyrrole nitrogens is 1. The van der Waals surface area contributed by atoms with E-state index in [1.165, 1.54) is 11.2 Å². The molecule has 2 N–H and O–H groups in total. The molecule has 0 bridgehead atoms. The second-order valence-electron chi connectivity index (χ2n) is 6.46. The zero-order valence-electron chi connectivity index (χ0n) is 14.6. The molecule has 0 saturated carbocycles. The Balaban J connectivity index is 1.70. The number of benzene rings is 1. The molecule has 1 saturated heterocycles. The van der Waals surface area contributed by atoms with E-state index >= 15 is 0 Å². The molecule has 0 radical (unpaired) electrons. The van der Waals surface area contributed by atoms with Crippen LogP contribution in [-0.2, 0) is 4.79 Å². The third-order valence-electron chi connectivity index (χ3n) is 4.57. The number of aromatic amines is 1. The number of carbonyl (C=O) groups excluding carboxylic acids is 1. The van der Waals surface area contributed by atoms with E-state index in [0.29, 0.717) is 23.3 Å². The number of hydrogen-bond donors (Lipinski definition) is 2. The maximum absolute atomic E-state index is 12.0. The van der Waals surface area contributed by atoms with Crippen molar-refractivity contribution in [3.8, 4) is 23.1 Å². The lowest BCUT2D eigenvalue weighted by molar-refractivity contribution is -0.137. The van der Waals surface area contributed by atoms with E-state index in [1.54, 1.807) is 31.3 Å². The van der Waals surface area contributed by atoms with Crippen LogP contribution in [0.4, 0.5) is 0 Å². The van der Waals surface area contributed by atoms with Gasteiger partial charge in [0.05, 0.1) is 17.5 Å². The quantitative estimate of drug-likeness (QED) is 0.629. The average molecular weight is 360 g/mol. The summed E-state index contributed by atoms with van der Waals surface area (Å²) in [5.41, 5.74) is 0.873. The summed E-state index contributed by atoms with van der Waals surface area (Å²) in [6, 6.07) is 10.8. The molecule has 27 heavy (non-hydrogen) atoms. The first-order valence-electron chi connectivity index (χ1n) is 8.42. The molecule has 0 aliphatic carbocycles. The smallest absolute Gasteiger partial charge is 0.277 e. The van der Waals surface area contributed by atoms with Crippen LogP contribution in [0, 0.1) is 11.8 Å². The molecule has 1 fully saturated rings. The van der Waals surface area contributed by atoms with Crippen LogP contribution in [0.15, 0.2) is 47.5 Å². The summed E-state index contributed by atoms with van der Waals surface area (Å²) in [7, 11) is 1.64. The number of hydrogen-bond acceptors (Lipinski definition) is 5. The number of likely N-dealkylation sites (tertiary alicyclic amines) is 1. The van der Waals surface area contributed by atoms with Gasteiger partial charge in [-0.25, -0.2) is 9.97 Å². The molecule has 1 aliphatic heterocycles. The highest BCUT2D eigenvalue weighted by Crippen LogP contribution is 2.22. The van der Waals surface area contributed by atoms with Crippen molar-refractivity contribution in [3.63, 3.8) is 0 Å². The minimum absolute atomic E-state index is 0.264. The number of rotatable bonds is 1. The standard InChI is InChI=1S/C20H16N4O3/c1-24-10-9-20(27,19(24)26)8-7-13-3-2-4-14(11-13)15-5-6-16-17(23-15)18(25)22-12-21-16/h2-6,11-12,27H,9-10H2,1H3,(H,21,22,25). The van der Waals surface area contributed by atoms with Crippen LogP contribution in [0.5, 0.6) is 0 Å². The number of amides is 1. The van der Waals surface area contributed by atoms with Crippen LogP contribution in [0.3, 0.4) is 0 Å². The van der Waals surface area contributed by atoms with Gasteiger partial charge in [-0.1, -0.05) is 24.0 Å². The zero-order valence-corrected chi connectivity index (χ0v) is 14.6. The SMILES string of the molecule is CN1CCC(O)(C#Cc2cccc(-c3ccc4nc[nH]c(=O)c4n3)c2)C1=O. The van der Waals surface area contributed by atoms with Gasteiger partial charge in [-0.2, -0.15) is 0 Å². The molecule has 3 aromatic rings. The van der Waals surface area contributed by atoms with Crippen molar-refractivity contribution in [2.24, 2.45) is 0 Å². The Kier molecular flexibility index (Phi) is 3.98. The highest BCUT2D eigenvalue weighted by molar-refractivity contribution is 5.90. The maximum atomic E-state index is 12.0. The first-order valence-corrected chi connectivity index (χ1v) is 8.42. The predicted octanol–water partition coefficient (Wildman–Crippen LogP) is 0.930. The number of pyridine rings is 1. The topological polar surface area (TPSA) is 99.2 Å². The summed E-state index contributed by atoms with van der Waals surface area (Å²) in [4.78, 5) is 36.4. The third kappa shape index (κ3) is 3.07. The Morgan fingerprint density at radius 2 is 2.11 bits per heavy atom. The minimum atomic E-state index is -1.63. The van der Waals surface area contributed by atoms with E-state index in [1.807, 2.05) is 12.1 Å². The molecule has 1 aliphatic rings. The molecule has 4 rings (SSSR count). The van der Waals surface area contributed by atoms with Gasteiger partial charge in [0, 0.05) is 31.1 Å². The highest BCUT2D eigenvalue weighted by atomic mass is 16.3. The average Bonchev–Trinajstić information content (AvgIpc) is 2.95. The third-order valence-corrected chi connectivity index (χ3v) is 4.57. The fraction of sp³-hybridized carbons (Fsp3) is 0.200. The molecule has 1 aromatic carbocycles. The first-order chi connectivity index (χ1) is 13.0. The van der Waals surface area contributed by atoms with Gasteiger partial charge < -0.3 is 15.0 Å². The van der Waals surface area contributed by atoms with E-state index in [9.17, 15) is 14.7 Å². The molecule has 1 amide bonds. The van der Waals surface area contributed by atoms with Gasteiger partial charge in [0.25, 0.3) is 11.5 Å². The predicted molar refractivity (Wildman–Crippen MR) is 99.7 cm³/mol. The van der Waals surface area contributed by atoms with Crippen LogP contribution in [0.2, 0.25) is 0 Å². The van der Waals surface area contributed by atoms with Crippen molar-refractivity contribution < 1.29 is 9.90 Å². The van der Waals surface area contributed by atoms with Crippen LogP contribution in [0.25, 0.3) is 22.3 Å². The van der Waals surface area contributed by atoms with E-state index in [4.69, 9.17) is 0 Å². The highest BCUT2D eigenvalue weighted by Gasteiger charge is 2.42. The number of aliphatic hydroxyl groups is 1. The van der Waals surface area contributed by atoms with Crippen LogP contribution in [0.1, 0.15) is 12.0 Å². The van der Waals surface area contributed by atoms with Gasteiger partial charge in [0.2, 0.25) is 5.60 Å². The summed E-state index contributed by atoms with van der Waals surface area (Å²) in [5, 5.41) is 10.4. The van der Waals surface area contributed by atoms with E-state index in [2.05, 4.69) is 26.8 Å². The van der Waals surface area contributed by atoms with Crippen molar-refractivity contribution in [3.05, 3.63) is 58.6 Å². The Bertz CT molecular complexity index is 1170. The summed E-state index contributed by atoms with van der Waals surface area (Å²) in [6.45, 7) is 0.480. The zero-order chi connectivity index (χ0) is 19.0. The Morgan fingerprint density at radius 3 is 2.89 bits per heavy atom. The Morgan fingerprint density at radius 1 is 1.26 bits per heavy atom. The lowest BCUT2D eigenvalue weighted by atomic mass is 10.0. The monoisotopic (exact) mass is 360 g/mol. The normalized spacial score (nSPS) is 19.2. The van der Waals surface area contributed by atoms with Crippen LogP contribution < -0.4 is 5.56 Å². The molecule has 1 atom stereocenters. The van der Waals surface area contributed by atoms with Gasteiger partial charge in [0.15, 0.2) is 5.52 Å². The van der Waals surface area contributed by atoms with Gasteiger partial charge in [-0.15, -0.1) is 0 Å². The number of carbonyl (C=O) groups is 1. The van der Waals surface area contributed by atoms with Crippen molar-refractivity contribution in [1.29, 1.82) is 0 Å². The Hall–Kier alpha value is -3.50. The molecular weight excluding hydrogens is 344 g/mol. The number of nitrogens with one attached hydrogen (secondary N) is 1. The van der Waals surface area contributed by atoms with Crippen LogP contribution >= 0.6 is 0 Å². The molecular formula is C20H16N4O3. The van der Waals surface area contributed by atoms with E-state index < -0.39 is 5.60 Å². The summed E-state index contributed by atoms with van der Waals surface area (Å²) in [6.07, 6.45) is 1.63. The van der Waals surface area contributed by atoms with Crippen molar-refractivity contribution in [2.75, 3.05) is 13.6 Å². The molecule has 134 valence electrons. The summed E-state index contributed by atoms with van der Waals surface area (Å²) < 4.78 is 0. The fourth-order valence-corrected chi connectivity index (χ4v) is 3.01. The maximum Gasteiger partial charge on any atom is 0.277 e. The molecule has 0 spiro atoms. The van der Waals surface area contributed by atoms with Gasteiger partial charge in [-0.05, 0) is 24.3 Å². The molecule has 7 heteroatoms. The van der Waals surface area contributed by atoms with Crippen molar-refractivity contribution in [1.82, 2.24) is 19.9 Å². The van der Waals surface area contributed by atoms with Gasteiger partial charge in [0.1, 0.15) is 0 Å². The van der Waals surface area contributed by atoms with E-state index in [0.717, 1.165) is 5.56 Å². The van der Waals surface area contributed by atoms with Crippen molar-refractivity contribution >= 4 is 16.9 Å². The molecule has 2 aromatic heterocycles. The largest absolute Gasteiger partial charge is 0.369 e. The van der Waals surface area contributed by atoms with Crippen molar-refractivity contribution in [2.45, 2.75) is 12.0 Å². The lowest BCUT2D eigenvalue weighted by Gasteiger charge is -2.13. The second kappa shape index (κ2) is 6.34. The van der Waals surface area contributed by atoms with E-state index in [-0.39, 0.29) is 23.4 Å². The Labute approximate surface area is 154 Å². The molecule has 7 nitrogen and oxygen atoms in total. The number of aromatic nitrogens is 3. The summed E-state index contributed by atoms with van der Waals surface area (Å²) >= 11 is 0. The van der Waals surface area contributed by atoms with Gasteiger partial charge >= 0.3 is 0 Å².